The third-order valence-corrected chi connectivity index (χ3v) is 4.01. The first kappa shape index (κ1) is 14.8. The third-order valence-electron chi connectivity index (χ3n) is 4.01. The molecule has 0 aromatic heterocycles. The molecular weight excluding hydrogens is 244 g/mol. The molecule has 2 nitrogen and oxygen atoms in total. The lowest BCUT2D eigenvalue weighted by Gasteiger charge is -2.18. The summed E-state index contributed by atoms with van der Waals surface area (Å²) in [5, 5.41) is 0. The third kappa shape index (κ3) is 3.47. The van der Waals surface area contributed by atoms with Gasteiger partial charge >= 0.3 is 0 Å². The Hall–Kier alpha value is -1.64. The van der Waals surface area contributed by atoms with Gasteiger partial charge in [0, 0.05) is 6.04 Å². The Bertz CT molecular complexity index is 558. The number of aryl methyl sites for hydroxylation is 3. The van der Waals surface area contributed by atoms with E-state index in [9.17, 15) is 0 Å². The molecule has 0 fully saturated rings. The maximum Gasteiger partial charge on any atom is 0.0500 e. The molecule has 0 saturated heterocycles. The highest BCUT2D eigenvalue weighted by Gasteiger charge is 2.11. The van der Waals surface area contributed by atoms with Crippen LogP contribution in [0.15, 0.2) is 42.5 Å². The molecule has 0 aliphatic carbocycles. The maximum atomic E-state index is 5.75. The minimum atomic E-state index is 0.154. The molecule has 1 atom stereocenters. The summed E-state index contributed by atoms with van der Waals surface area (Å²) in [6, 6.07) is 15.5. The van der Waals surface area contributed by atoms with Crippen molar-refractivity contribution >= 4 is 0 Å². The molecule has 2 aromatic carbocycles. The Kier molecular flexibility index (Phi) is 4.94. The average Bonchev–Trinajstić information content (AvgIpc) is 2.48. The zero-order chi connectivity index (χ0) is 14.5. The Morgan fingerprint density at radius 3 is 2.15 bits per heavy atom. The van der Waals surface area contributed by atoms with Crippen molar-refractivity contribution < 1.29 is 0 Å². The molecule has 0 radical (unpaired) electrons. The molecule has 0 aliphatic heterocycles. The van der Waals surface area contributed by atoms with E-state index in [4.69, 9.17) is 5.84 Å². The Labute approximate surface area is 122 Å². The fourth-order valence-electron chi connectivity index (χ4n) is 2.40. The summed E-state index contributed by atoms with van der Waals surface area (Å²) in [7, 11) is 0. The first-order chi connectivity index (χ1) is 9.63. The Morgan fingerprint density at radius 1 is 0.950 bits per heavy atom. The molecule has 0 bridgehead atoms. The van der Waals surface area contributed by atoms with Gasteiger partial charge in [0.05, 0.1) is 0 Å². The molecule has 106 valence electrons. The normalized spacial score (nSPS) is 12.4. The zero-order valence-electron chi connectivity index (χ0n) is 12.6. The lowest BCUT2D eigenvalue weighted by Crippen LogP contribution is -2.29. The van der Waals surface area contributed by atoms with Gasteiger partial charge in [-0.2, -0.15) is 0 Å². The summed E-state index contributed by atoms with van der Waals surface area (Å²) < 4.78 is 0. The number of hydrogen-bond donors (Lipinski definition) is 2. The summed E-state index contributed by atoms with van der Waals surface area (Å²) in [6.45, 7) is 6.45. The average molecular weight is 268 g/mol. The molecule has 20 heavy (non-hydrogen) atoms. The number of rotatable bonds is 5. The van der Waals surface area contributed by atoms with Gasteiger partial charge in [-0.25, -0.2) is 0 Å². The van der Waals surface area contributed by atoms with E-state index in [0.717, 1.165) is 12.8 Å². The molecule has 0 amide bonds. The molecule has 0 saturated carbocycles. The van der Waals surface area contributed by atoms with Crippen LogP contribution in [0.25, 0.3) is 0 Å². The minimum Gasteiger partial charge on any atom is -0.271 e. The molecule has 2 rings (SSSR count). The lowest BCUT2D eigenvalue weighted by atomic mass is 9.96. The number of hydrogen-bond acceptors (Lipinski definition) is 2. The molecule has 0 aliphatic rings. The highest BCUT2D eigenvalue weighted by molar-refractivity contribution is 5.33. The van der Waals surface area contributed by atoms with Gasteiger partial charge in [0.2, 0.25) is 0 Å². The van der Waals surface area contributed by atoms with Gasteiger partial charge in [-0.15, -0.1) is 0 Å². The molecule has 3 N–H and O–H groups in total. The fraction of sp³-hybridized carbons (Fsp3) is 0.333. The number of nitrogens with one attached hydrogen (secondary N) is 1. The van der Waals surface area contributed by atoms with E-state index in [1.807, 2.05) is 0 Å². The summed E-state index contributed by atoms with van der Waals surface area (Å²) in [5.41, 5.74) is 9.49. The first-order valence-corrected chi connectivity index (χ1v) is 7.25. The van der Waals surface area contributed by atoms with Gasteiger partial charge in [-0.1, -0.05) is 49.4 Å². The molecule has 1 unspecified atom stereocenters. The van der Waals surface area contributed by atoms with Crippen LogP contribution in [0.3, 0.4) is 0 Å². The molecule has 0 heterocycles. The van der Waals surface area contributed by atoms with Gasteiger partial charge < -0.3 is 0 Å². The second-order valence-electron chi connectivity index (χ2n) is 5.44. The predicted octanol–water partition coefficient (Wildman–Crippen LogP) is 3.61. The highest BCUT2D eigenvalue weighted by atomic mass is 15.2. The van der Waals surface area contributed by atoms with E-state index in [1.54, 1.807) is 0 Å². The van der Waals surface area contributed by atoms with Crippen LogP contribution in [-0.4, -0.2) is 0 Å². The lowest BCUT2D eigenvalue weighted by molar-refractivity contribution is 0.551. The zero-order valence-corrected chi connectivity index (χ0v) is 12.6. The molecule has 0 spiro atoms. The summed E-state index contributed by atoms with van der Waals surface area (Å²) in [5.74, 6) is 5.75. The van der Waals surface area contributed by atoms with Crippen molar-refractivity contribution in [3.63, 3.8) is 0 Å². The van der Waals surface area contributed by atoms with E-state index >= 15 is 0 Å². The van der Waals surface area contributed by atoms with Crippen LogP contribution in [0.1, 0.15) is 40.8 Å². The van der Waals surface area contributed by atoms with Crippen LogP contribution in [0.5, 0.6) is 0 Å². The van der Waals surface area contributed by atoms with Crippen LogP contribution < -0.4 is 11.3 Å². The number of benzene rings is 2. The summed E-state index contributed by atoms with van der Waals surface area (Å²) >= 11 is 0. The van der Waals surface area contributed by atoms with E-state index in [0.29, 0.717) is 0 Å². The van der Waals surface area contributed by atoms with E-state index in [2.05, 4.69) is 68.7 Å². The van der Waals surface area contributed by atoms with Crippen molar-refractivity contribution in [2.75, 3.05) is 0 Å². The quantitative estimate of drug-likeness (QED) is 0.642. The Balaban J connectivity index is 2.16. The fourth-order valence-corrected chi connectivity index (χ4v) is 2.40. The van der Waals surface area contributed by atoms with Crippen molar-refractivity contribution in [3.05, 3.63) is 70.3 Å². The van der Waals surface area contributed by atoms with Gasteiger partial charge in [0.25, 0.3) is 0 Å². The monoisotopic (exact) mass is 268 g/mol. The summed E-state index contributed by atoms with van der Waals surface area (Å²) in [6.07, 6.45) is 1.99. The first-order valence-electron chi connectivity index (χ1n) is 7.25. The molecule has 2 aromatic rings. The van der Waals surface area contributed by atoms with Crippen LogP contribution in [0.2, 0.25) is 0 Å². The van der Waals surface area contributed by atoms with Crippen molar-refractivity contribution in [2.24, 2.45) is 5.84 Å². The van der Waals surface area contributed by atoms with Crippen molar-refractivity contribution in [3.8, 4) is 0 Å². The van der Waals surface area contributed by atoms with Gasteiger partial charge in [-0.05, 0) is 54.5 Å². The van der Waals surface area contributed by atoms with E-state index in [-0.39, 0.29) is 6.04 Å². The van der Waals surface area contributed by atoms with Crippen molar-refractivity contribution in [1.29, 1.82) is 0 Å². The second kappa shape index (κ2) is 6.69. The largest absolute Gasteiger partial charge is 0.271 e. The molecular formula is C18H24N2. The molecule has 2 heteroatoms. The topological polar surface area (TPSA) is 38.0 Å². The van der Waals surface area contributed by atoms with Crippen LogP contribution in [0, 0.1) is 13.8 Å². The Morgan fingerprint density at radius 2 is 1.60 bits per heavy atom. The number of nitrogens with two attached hydrogens (primary N) is 1. The van der Waals surface area contributed by atoms with Crippen LogP contribution >= 0.6 is 0 Å². The van der Waals surface area contributed by atoms with Gasteiger partial charge in [-0.3, -0.25) is 11.3 Å². The van der Waals surface area contributed by atoms with Gasteiger partial charge in [0.15, 0.2) is 0 Å². The predicted molar refractivity (Wildman–Crippen MR) is 85.5 cm³/mol. The maximum absolute atomic E-state index is 5.75. The highest BCUT2D eigenvalue weighted by Crippen LogP contribution is 2.21. The van der Waals surface area contributed by atoms with E-state index in [1.165, 1.54) is 27.8 Å². The number of hydrazine groups is 1. The summed E-state index contributed by atoms with van der Waals surface area (Å²) in [4.78, 5) is 0. The second-order valence-corrected chi connectivity index (χ2v) is 5.44. The smallest absolute Gasteiger partial charge is 0.0500 e. The standard InChI is InChI=1S/C18H24N2/c1-4-15-6-8-16(9-7-15)12-18(20-19)17-10-5-13(2)14(3)11-17/h5-11,18,20H,4,12,19H2,1-3H3. The van der Waals surface area contributed by atoms with Crippen molar-refractivity contribution in [2.45, 2.75) is 39.7 Å². The minimum absolute atomic E-state index is 0.154. The van der Waals surface area contributed by atoms with Crippen LogP contribution in [0.4, 0.5) is 0 Å². The van der Waals surface area contributed by atoms with Crippen molar-refractivity contribution in [1.82, 2.24) is 5.43 Å². The van der Waals surface area contributed by atoms with Gasteiger partial charge in [0.1, 0.15) is 0 Å². The van der Waals surface area contributed by atoms with Crippen LogP contribution in [-0.2, 0) is 12.8 Å². The SMILES string of the molecule is CCc1ccc(CC(NN)c2ccc(C)c(C)c2)cc1. The van der Waals surface area contributed by atoms with E-state index < -0.39 is 0 Å².